The fraction of sp³-hybridized carbons (Fsp3) is 0.462. The van der Waals surface area contributed by atoms with Crippen molar-refractivity contribution in [3.63, 3.8) is 0 Å². The minimum absolute atomic E-state index is 0.391. The molecule has 0 aliphatic carbocycles. The van der Waals surface area contributed by atoms with E-state index < -0.39 is 18.0 Å². The Labute approximate surface area is 112 Å². The molecule has 0 bridgehead atoms. The summed E-state index contributed by atoms with van der Waals surface area (Å²) in [4.78, 5) is 28.2. The third kappa shape index (κ3) is 4.95. The first-order valence-electron chi connectivity index (χ1n) is 6.18. The number of carboxylic acids is 1. The second-order valence-corrected chi connectivity index (χ2v) is 4.34. The number of carboxylic acid groups (broad SMARTS) is 1. The van der Waals surface area contributed by atoms with Crippen molar-refractivity contribution < 1.29 is 14.7 Å². The lowest BCUT2D eigenvalue weighted by Gasteiger charge is -2.21. The number of hydrogen-bond donors (Lipinski definition) is 2. The van der Waals surface area contributed by atoms with E-state index >= 15 is 0 Å². The number of pyridine rings is 1. The predicted octanol–water partition coefficient (Wildman–Crippen LogP) is 1.48. The molecule has 0 spiro atoms. The highest BCUT2D eigenvalue weighted by Crippen LogP contribution is 2.03. The van der Waals surface area contributed by atoms with Gasteiger partial charge in [0.25, 0.3) is 0 Å². The largest absolute Gasteiger partial charge is 0.480 e. The second kappa shape index (κ2) is 7.35. The summed E-state index contributed by atoms with van der Waals surface area (Å²) in [5, 5.41) is 11.5. The maximum absolute atomic E-state index is 11.9. The number of nitrogens with zero attached hydrogens (tertiary/aromatic N) is 2. The Bertz CT molecular complexity index is 422. The molecule has 1 heterocycles. The van der Waals surface area contributed by atoms with Crippen LogP contribution in [0.5, 0.6) is 0 Å². The number of aliphatic carboxylic acids is 1. The Morgan fingerprint density at radius 3 is 2.58 bits per heavy atom. The molecular weight excluding hydrogens is 246 g/mol. The maximum atomic E-state index is 11.9. The van der Waals surface area contributed by atoms with Crippen LogP contribution in [0.3, 0.4) is 0 Å². The van der Waals surface area contributed by atoms with Crippen molar-refractivity contribution in [3.8, 4) is 0 Å². The number of carbonyl (C=O) groups excluding carboxylic acids is 1. The molecule has 2 amide bonds. The molecule has 104 valence electrons. The lowest BCUT2D eigenvalue weighted by atomic mass is 10.2. The molecular formula is C13H19N3O3. The van der Waals surface area contributed by atoms with Crippen LogP contribution in [0.4, 0.5) is 4.79 Å². The van der Waals surface area contributed by atoms with Crippen molar-refractivity contribution >= 4 is 12.0 Å². The Morgan fingerprint density at radius 2 is 2.05 bits per heavy atom. The van der Waals surface area contributed by atoms with Crippen molar-refractivity contribution in [1.29, 1.82) is 0 Å². The molecule has 0 aliphatic rings. The topological polar surface area (TPSA) is 82.5 Å². The van der Waals surface area contributed by atoms with E-state index in [0.29, 0.717) is 19.4 Å². The van der Waals surface area contributed by atoms with Gasteiger partial charge in [-0.05, 0) is 24.1 Å². The molecule has 19 heavy (non-hydrogen) atoms. The molecule has 0 radical (unpaired) electrons. The quantitative estimate of drug-likeness (QED) is 0.816. The number of rotatable bonds is 6. The van der Waals surface area contributed by atoms with Crippen molar-refractivity contribution in [2.75, 3.05) is 7.05 Å². The van der Waals surface area contributed by atoms with E-state index in [-0.39, 0.29) is 0 Å². The van der Waals surface area contributed by atoms with E-state index in [4.69, 9.17) is 5.11 Å². The molecule has 2 N–H and O–H groups in total. The highest BCUT2D eigenvalue weighted by Gasteiger charge is 2.20. The first-order chi connectivity index (χ1) is 9.04. The van der Waals surface area contributed by atoms with Crippen molar-refractivity contribution in [2.45, 2.75) is 32.4 Å². The SMILES string of the molecule is CCC[C@H](NC(=O)N(C)Cc1ccncc1)C(=O)O. The minimum Gasteiger partial charge on any atom is -0.480 e. The minimum atomic E-state index is -1.01. The lowest BCUT2D eigenvalue weighted by Crippen LogP contribution is -2.46. The smallest absolute Gasteiger partial charge is 0.326 e. The van der Waals surface area contributed by atoms with Gasteiger partial charge in [0.15, 0.2) is 0 Å². The second-order valence-electron chi connectivity index (χ2n) is 4.34. The Kier molecular flexibility index (Phi) is 5.78. The third-order valence-corrected chi connectivity index (χ3v) is 2.69. The number of carbonyl (C=O) groups is 2. The molecule has 1 atom stereocenters. The predicted molar refractivity (Wildman–Crippen MR) is 70.6 cm³/mol. The summed E-state index contributed by atoms with van der Waals surface area (Å²) in [6.07, 6.45) is 4.42. The number of amides is 2. The Balaban J connectivity index is 2.54. The van der Waals surface area contributed by atoms with Gasteiger partial charge >= 0.3 is 12.0 Å². The molecule has 1 aromatic heterocycles. The lowest BCUT2D eigenvalue weighted by molar-refractivity contribution is -0.139. The highest BCUT2D eigenvalue weighted by atomic mass is 16.4. The molecule has 1 aromatic rings. The molecule has 0 saturated heterocycles. The van der Waals surface area contributed by atoms with Crippen molar-refractivity contribution in [3.05, 3.63) is 30.1 Å². The average molecular weight is 265 g/mol. The number of aromatic nitrogens is 1. The van der Waals surface area contributed by atoms with Crippen LogP contribution in [0.1, 0.15) is 25.3 Å². The van der Waals surface area contributed by atoms with Crippen LogP contribution in [0.15, 0.2) is 24.5 Å². The first-order valence-corrected chi connectivity index (χ1v) is 6.18. The van der Waals surface area contributed by atoms with Gasteiger partial charge in [-0.2, -0.15) is 0 Å². The number of hydrogen-bond acceptors (Lipinski definition) is 3. The van der Waals surface area contributed by atoms with Gasteiger partial charge < -0.3 is 15.3 Å². The van der Waals surface area contributed by atoms with Crippen LogP contribution in [-0.4, -0.2) is 40.1 Å². The maximum Gasteiger partial charge on any atom is 0.326 e. The van der Waals surface area contributed by atoms with E-state index in [1.54, 1.807) is 19.4 Å². The third-order valence-electron chi connectivity index (χ3n) is 2.69. The summed E-state index contributed by atoms with van der Waals surface area (Å²) in [6.45, 7) is 2.29. The monoisotopic (exact) mass is 265 g/mol. The van der Waals surface area contributed by atoms with E-state index in [0.717, 1.165) is 5.56 Å². The Morgan fingerprint density at radius 1 is 1.42 bits per heavy atom. The van der Waals surface area contributed by atoms with Gasteiger partial charge in [0.05, 0.1) is 0 Å². The molecule has 0 fully saturated rings. The van der Waals surface area contributed by atoms with Crippen molar-refractivity contribution in [1.82, 2.24) is 15.2 Å². The zero-order valence-electron chi connectivity index (χ0n) is 11.2. The van der Waals surface area contributed by atoms with Crippen LogP contribution < -0.4 is 5.32 Å². The van der Waals surface area contributed by atoms with Gasteiger partial charge in [-0.3, -0.25) is 4.98 Å². The van der Waals surface area contributed by atoms with Crippen LogP contribution in [0.25, 0.3) is 0 Å². The van der Waals surface area contributed by atoms with Gasteiger partial charge in [-0.1, -0.05) is 13.3 Å². The fourth-order valence-electron chi connectivity index (χ4n) is 1.64. The Hall–Kier alpha value is -2.11. The molecule has 0 unspecified atom stereocenters. The highest BCUT2D eigenvalue weighted by molar-refractivity contribution is 5.82. The van der Waals surface area contributed by atoms with Crippen LogP contribution in [0.2, 0.25) is 0 Å². The summed E-state index contributed by atoms with van der Waals surface area (Å²) in [5.74, 6) is -1.01. The van der Waals surface area contributed by atoms with Crippen LogP contribution >= 0.6 is 0 Å². The van der Waals surface area contributed by atoms with E-state index in [1.165, 1.54) is 4.90 Å². The van der Waals surface area contributed by atoms with Gasteiger partial charge in [0.2, 0.25) is 0 Å². The van der Waals surface area contributed by atoms with Crippen LogP contribution in [0, 0.1) is 0 Å². The van der Waals surface area contributed by atoms with Gasteiger partial charge in [-0.15, -0.1) is 0 Å². The molecule has 0 saturated carbocycles. The summed E-state index contributed by atoms with van der Waals surface area (Å²) < 4.78 is 0. The average Bonchev–Trinajstić information content (AvgIpc) is 2.39. The zero-order chi connectivity index (χ0) is 14.3. The normalized spacial score (nSPS) is 11.7. The molecule has 6 heteroatoms. The molecule has 0 aliphatic heterocycles. The molecule has 1 rings (SSSR count). The zero-order valence-corrected chi connectivity index (χ0v) is 11.2. The van der Waals surface area contributed by atoms with Gasteiger partial charge in [0.1, 0.15) is 6.04 Å². The van der Waals surface area contributed by atoms with Crippen LogP contribution in [-0.2, 0) is 11.3 Å². The van der Waals surface area contributed by atoms with E-state index in [9.17, 15) is 9.59 Å². The summed E-state index contributed by atoms with van der Waals surface area (Å²) in [5.41, 5.74) is 0.940. The molecule has 6 nitrogen and oxygen atoms in total. The first kappa shape index (κ1) is 14.9. The number of nitrogens with one attached hydrogen (secondary N) is 1. The number of urea groups is 1. The summed E-state index contributed by atoms with van der Waals surface area (Å²) in [6, 6.07) is 2.39. The fourth-order valence-corrected chi connectivity index (χ4v) is 1.64. The van der Waals surface area contributed by atoms with E-state index in [1.807, 2.05) is 19.1 Å². The molecule has 0 aromatic carbocycles. The van der Waals surface area contributed by atoms with Gasteiger partial charge in [0, 0.05) is 26.0 Å². The van der Waals surface area contributed by atoms with Gasteiger partial charge in [-0.25, -0.2) is 9.59 Å². The standard InChI is InChI=1S/C13H19N3O3/c1-3-4-11(12(17)18)15-13(19)16(2)9-10-5-7-14-8-6-10/h5-8,11H,3-4,9H2,1-2H3,(H,15,19)(H,17,18)/t11-/m0/s1. The van der Waals surface area contributed by atoms with Crippen molar-refractivity contribution in [2.24, 2.45) is 0 Å². The summed E-state index contributed by atoms with van der Waals surface area (Å²) in [7, 11) is 1.63. The van der Waals surface area contributed by atoms with E-state index in [2.05, 4.69) is 10.3 Å². The summed E-state index contributed by atoms with van der Waals surface area (Å²) >= 11 is 0.